The standard InChI is InChI=1S/C28H34F3N7O2/c1-17-21-16-34-27(36-25(21)38(20-5-3-4-6-20)26(40)24(17)18(2)39)35-23-8-7-19(15-33-23)22(9-10-28(29,30)31)37-13-11-32-12-14-37/h7-8,15-16,20,22,32H,3-6,9-14H2,1-2H3,(H,33,34,35,36). The number of aromatic nitrogens is 4. The molecule has 0 aromatic carbocycles. The minimum Gasteiger partial charge on any atom is -0.314 e. The summed E-state index contributed by atoms with van der Waals surface area (Å²) in [4.78, 5) is 41.4. The highest BCUT2D eigenvalue weighted by atomic mass is 19.4. The lowest BCUT2D eigenvalue weighted by Gasteiger charge is -2.35. The molecule has 0 spiro atoms. The van der Waals surface area contributed by atoms with Crippen LogP contribution in [0.2, 0.25) is 0 Å². The topological polar surface area (TPSA) is 105 Å². The molecule has 0 bridgehead atoms. The van der Waals surface area contributed by atoms with E-state index in [9.17, 15) is 22.8 Å². The van der Waals surface area contributed by atoms with Gasteiger partial charge in [-0.25, -0.2) is 9.97 Å². The first kappa shape index (κ1) is 28.2. The fourth-order valence-electron chi connectivity index (χ4n) is 5.95. The summed E-state index contributed by atoms with van der Waals surface area (Å²) in [6, 6.07) is 3.07. The second kappa shape index (κ2) is 11.6. The van der Waals surface area contributed by atoms with Crippen molar-refractivity contribution in [3.8, 4) is 0 Å². The highest BCUT2D eigenvalue weighted by molar-refractivity contribution is 5.99. The van der Waals surface area contributed by atoms with Crippen LogP contribution in [0.15, 0.2) is 29.3 Å². The molecule has 1 saturated heterocycles. The van der Waals surface area contributed by atoms with Gasteiger partial charge in [-0.3, -0.25) is 19.1 Å². The molecule has 1 unspecified atom stereocenters. The Kier molecular flexibility index (Phi) is 8.18. The zero-order valence-corrected chi connectivity index (χ0v) is 22.7. The van der Waals surface area contributed by atoms with Crippen LogP contribution in [0.25, 0.3) is 11.0 Å². The molecule has 1 aliphatic heterocycles. The fourth-order valence-corrected chi connectivity index (χ4v) is 5.95. The first-order valence-electron chi connectivity index (χ1n) is 13.8. The van der Waals surface area contributed by atoms with Crippen molar-refractivity contribution >= 4 is 28.6 Å². The van der Waals surface area contributed by atoms with Crippen molar-refractivity contribution in [1.82, 2.24) is 29.7 Å². The first-order valence-corrected chi connectivity index (χ1v) is 13.8. The lowest BCUT2D eigenvalue weighted by Crippen LogP contribution is -2.45. The largest absolute Gasteiger partial charge is 0.389 e. The number of rotatable bonds is 8. The van der Waals surface area contributed by atoms with Gasteiger partial charge in [0.2, 0.25) is 5.95 Å². The quantitative estimate of drug-likeness (QED) is 0.379. The summed E-state index contributed by atoms with van der Waals surface area (Å²) in [5.41, 5.74) is 1.60. The predicted molar refractivity (Wildman–Crippen MR) is 146 cm³/mol. The maximum atomic E-state index is 13.4. The molecule has 12 heteroatoms. The monoisotopic (exact) mass is 557 g/mol. The molecule has 1 aliphatic carbocycles. The van der Waals surface area contributed by atoms with Gasteiger partial charge in [-0.2, -0.15) is 18.2 Å². The zero-order chi connectivity index (χ0) is 28.4. The van der Waals surface area contributed by atoms with Crippen LogP contribution in [0.5, 0.6) is 0 Å². The smallest absolute Gasteiger partial charge is 0.314 e. The Balaban J connectivity index is 1.44. The molecular formula is C28H34F3N7O2. The minimum absolute atomic E-state index is 0.0347. The van der Waals surface area contributed by atoms with Gasteiger partial charge in [-0.15, -0.1) is 0 Å². The van der Waals surface area contributed by atoms with E-state index in [0.29, 0.717) is 35.5 Å². The molecule has 1 saturated carbocycles. The van der Waals surface area contributed by atoms with Crippen LogP contribution in [0.1, 0.15) is 79.0 Å². The molecular weight excluding hydrogens is 523 g/mol. The van der Waals surface area contributed by atoms with Crippen LogP contribution < -0.4 is 16.2 Å². The molecule has 3 aromatic heterocycles. The number of hydrogen-bond donors (Lipinski definition) is 2. The third kappa shape index (κ3) is 6.02. The second-order valence-electron chi connectivity index (χ2n) is 10.7. The number of fused-ring (bicyclic) bond motifs is 1. The SMILES string of the molecule is CC(=O)c1c(C)c2cnc(Nc3ccc(C(CCC(F)(F)F)N4CCNCC4)cn3)nc2n(C2CCCC2)c1=O. The number of Topliss-reactive ketones (excluding diaryl/α,β-unsaturated/α-hetero) is 1. The van der Waals surface area contributed by atoms with Crippen molar-refractivity contribution < 1.29 is 18.0 Å². The summed E-state index contributed by atoms with van der Waals surface area (Å²) >= 11 is 0. The van der Waals surface area contributed by atoms with Crippen molar-refractivity contribution in [2.24, 2.45) is 0 Å². The second-order valence-corrected chi connectivity index (χ2v) is 10.7. The van der Waals surface area contributed by atoms with Gasteiger partial charge in [0.25, 0.3) is 5.56 Å². The molecule has 2 fully saturated rings. The number of anilines is 2. The third-order valence-electron chi connectivity index (χ3n) is 7.96. The Morgan fingerprint density at radius 2 is 1.88 bits per heavy atom. The van der Waals surface area contributed by atoms with Gasteiger partial charge in [-0.1, -0.05) is 18.9 Å². The Labute approximate surface area is 230 Å². The Morgan fingerprint density at radius 3 is 2.50 bits per heavy atom. The molecule has 5 rings (SSSR count). The number of aryl methyl sites for hydroxylation is 1. The lowest BCUT2D eigenvalue weighted by atomic mass is 10.0. The van der Waals surface area contributed by atoms with Gasteiger partial charge in [0.1, 0.15) is 11.5 Å². The van der Waals surface area contributed by atoms with Gasteiger partial charge in [0, 0.05) is 62.5 Å². The highest BCUT2D eigenvalue weighted by Crippen LogP contribution is 2.33. The predicted octanol–water partition coefficient (Wildman–Crippen LogP) is 4.85. The number of carbonyl (C=O) groups excluding carboxylic acids is 1. The number of alkyl halides is 3. The van der Waals surface area contributed by atoms with E-state index in [-0.39, 0.29) is 41.4 Å². The number of ketones is 1. The normalized spacial score (nSPS) is 17.8. The van der Waals surface area contributed by atoms with Crippen molar-refractivity contribution in [2.45, 2.75) is 70.6 Å². The average molecular weight is 558 g/mol. The van der Waals surface area contributed by atoms with Crippen molar-refractivity contribution in [3.05, 3.63) is 51.6 Å². The third-order valence-corrected chi connectivity index (χ3v) is 7.96. The fraction of sp³-hybridized carbons (Fsp3) is 0.536. The summed E-state index contributed by atoms with van der Waals surface area (Å²) < 4.78 is 40.8. The van der Waals surface area contributed by atoms with E-state index < -0.39 is 12.6 Å². The number of nitrogens with zero attached hydrogens (tertiary/aromatic N) is 5. The zero-order valence-electron chi connectivity index (χ0n) is 22.7. The number of carbonyl (C=O) groups is 1. The van der Waals surface area contributed by atoms with Crippen LogP contribution in [0.3, 0.4) is 0 Å². The maximum absolute atomic E-state index is 13.4. The molecule has 214 valence electrons. The van der Waals surface area contributed by atoms with E-state index in [1.165, 1.54) is 6.92 Å². The van der Waals surface area contributed by atoms with Crippen LogP contribution in [0, 0.1) is 6.92 Å². The van der Waals surface area contributed by atoms with Crippen LogP contribution in [0.4, 0.5) is 24.9 Å². The molecule has 4 heterocycles. The number of hydrogen-bond acceptors (Lipinski definition) is 8. The van der Waals surface area contributed by atoms with E-state index in [2.05, 4.69) is 30.5 Å². The first-order chi connectivity index (χ1) is 19.1. The van der Waals surface area contributed by atoms with E-state index in [4.69, 9.17) is 0 Å². The number of pyridine rings is 2. The number of piperazine rings is 1. The van der Waals surface area contributed by atoms with E-state index in [1.807, 2.05) is 0 Å². The molecule has 2 aliphatic rings. The van der Waals surface area contributed by atoms with Crippen LogP contribution in [-0.4, -0.2) is 62.6 Å². The van der Waals surface area contributed by atoms with Gasteiger partial charge >= 0.3 is 6.18 Å². The molecule has 40 heavy (non-hydrogen) atoms. The van der Waals surface area contributed by atoms with Gasteiger partial charge in [0.15, 0.2) is 5.78 Å². The summed E-state index contributed by atoms with van der Waals surface area (Å²) in [5.74, 6) is 0.395. The molecule has 9 nitrogen and oxygen atoms in total. The molecule has 0 amide bonds. The Bertz CT molecular complexity index is 1430. The highest BCUT2D eigenvalue weighted by Gasteiger charge is 2.31. The lowest BCUT2D eigenvalue weighted by molar-refractivity contribution is -0.138. The van der Waals surface area contributed by atoms with Crippen molar-refractivity contribution in [2.75, 3.05) is 31.5 Å². The van der Waals surface area contributed by atoms with Crippen LogP contribution >= 0.6 is 0 Å². The maximum Gasteiger partial charge on any atom is 0.389 e. The number of halogens is 3. The van der Waals surface area contributed by atoms with Gasteiger partial charge in [0.05, 0.1) is 5.56 Å². The molecule has 3 aromatic rings. The molecule has 2 N–H and O–H groups in total. The van der Waals surface area contributed by atoms with E-state index in [0.717, 1.165) is 44.3 Å². The van der Waals surface area contributed by atoms with Gasteiger partial charge < -0.3 is 10.6 Å². The van der Waals surface area contributed by atoms with E-state index >= 15 is 0 Å². The van der Waals surface area contributed by atoms with Crippen LogP contribution in [-0.2, 0) is 0 Å². The summed E-state index contributed by atoms with van der Waals surface area (Å²) in [5, 5.41) is 6.96. The Hall–Kier alpha value is -3.38. The van der Waals surface area contributed by atoms with Crippen molar-refractivity contribution in [1.29, 1.82) is 0 Å². The Morgan fingerprint density at radius 1 is 1.15 bits per heavy atom. The van der Waals surface area contributed by atoms with Gasteiger partial charge in [-0.05, 0) is 50.3 Å². The number of nitrogens with one attached hydrogen (secondary N) is 2. The van der Waals surface area contributed by atoms with Crippen molar-refractivity contribution in [3.63, 3.8) is 0 Å². The molecule has 1 atom stereocenters. The summed E-state index contributed by atoms with van der Waals surface area (Å²) in [6.07, 6.45) is 1.79. The summed E-state index contributed by atoms with van der Waals surface area (Å²) in [6.45, 7) is 5.94. The average Bonchev–Trinajstić information content (AvgIpc) is 3.44. The molecule has 0 radical (unpaired) electrons. The summed E-state index contributed by atoms with van der Waals surface area (Å²) in [7, 11) is 0. The van der Waals surface area contributed by atoms with E-state index in [1.54, 1.807) is 36.0 Å². The minimum atomic E-state index is -4.22.